The lowest BCUT2D eigenvalue weighted by atomic mass is 10.1. The number of nitrogens with zero attached hydrogens (tertiary/aromatic N) is 2. The molecule has 1 aromatic carbocycles. The standard InChI is InChI=1S/C14H17N3O2.2ClH/c1-17(14(19)12(15)9-18)8-10-4-5-13-11(7-10)3-2-6-16-13;;/h2-7,12,18H,8-9,15H2,1H3;2*1H/t12-;;/m0../s1. The summed E-state index contributed by atoms with van der Waals surface area (Å²) in [5, 5.41) is 9.92. The van der Waals surface area contributed by atoms with E-state index in [0.29, 0.717) is 6.54 Å². The van der Waals surface area contributed by atoms with Gasteiger partial charge in [0.1, 0.15) is 6.04 Å². The first kappa shape index (κ1) is 19.6. The van der Waals surface area contributed by atoms with Crippen LogP contribution >= 0.6 is 24.8 Å². The number of aliphatic hydroxyl groups is 1. The number of aliphatic hydroxyl groups excluding tert-OH is 1. The number of nitrogens with two attached hydrogens (primary N) is 1. The van der Waals surface area contributed by atoms with E-state index in [2.05, 4.69) is 4.98 Å². The largest absolute Gasteiger partial charge is 0.394 e. The van der Waals surface area contributed by atoms with Crippen LogP contribution in [0, 0.1) is 0 Å². The molecule has 0 fully saturated rings. The van der Waals surface area contributed by atoms with Gasteiger partial charge in [0, 0.05) is 25.2 Å². The summed E-state index contributed by atoms with van der Waals surface area (Å²) in [6.07, 6.45) is 1.75. The number of halogens is 2. The second-order valence-electron chi connectivity index (χ2n) is 4.51. The minimum atomic E-state index is -0.855. The minimum absolute atomic E-state index is 0. The Hall–Kier alpha value is -1.40. The smallest absolute Gasteiger partial charge is 0.241 e. The molecule has 1 atom stereocenters. The summed E-state index contributed by atoms with van der Waals surface area (Å²) in [4.78, 5) is 17.5. The number of hydrogen-bond acceptors (Lipinski definition) is 4. The van der Waals surface area contributed by atoms with Crippen molar-refractivity contribution in [3.8, 4) is 0 Å². The molecule has 0 bridgehead atoms. The van der Waals surface area contributed by atoms with Crippen molar-refractivity contribution < 1.29 is 9.90 Å². The highest BCUT2D eigenvalue weighted by Crippen LogP contribution is 2.14. The van der Waals surface area contributed by atoms with Gasteiger partial charge in [0.05, 0.1) is 12.1 Å². The van der Waals surface area contributed by atoms with E-state index < -0.39 is 6.04 Å². The highest BCUT2D eigenvalue weighted by molar-refractivity contribution is 5.85. The van der Waals surface area contributed by atoms with Crippen LogP contribution in [0.5, 0.6) is 0 Å². The molecule has 0 radical (unpaired) electrons. The fourth-order valence-corrected chi connectivity index (χ4v) is 1.94. The van der Waals surface area contributed by atoms with Crippen LogP contribution in [-0.4, -0.2) is 40.6 Å². The maximum atomic E-state index is 11.8. The van der Waals surface area contributed by atoms with Crippen molar-refractivity contribution in [2.24, 2.45) is 5.73 Å². The maximum absolute atomic E-state index is 11.8. The average molecular weight is 332 g/mol. The zero-order valence-electron chi connectivity index (χ0n) is 11.6. The lowest BCUT2D eigenvalue weighted by molar-refractivity contribution is -0.132. The third-order valence-corrected chi connectivity index (χ3v) is 2.98. The van der Waals surface area contributed by atoms with Crippen LogP contribution < -0.4 is 5.73 Å². The first-order valence-corrected chi connectivity index (χ1v) is 6.07. The van der Waals surface area contributed by atoms with E-state index in [4.69, 9.17) is 10.8 Å². The normalized spacial score (nSPS) is 11.2. The molecule has 1 aromatic heterocycles. The van der Waals surface area contributed by atoms with Gasteiger partial charge < -0.3 is 15.7 Å². The average Bonchev–Trinajstić information content (AvgIpc) is 2.45. The van der Waals surface area contributed by atoms with Crippen LogP contribution in [0.3, 0.4) is 0 Å². The summed E-state index contributed by atoms with van der Waals surface area (Å²) in [7, 11) is 1.67. The first-order chi connectivity index (χ1) is 9.11. The van der Waals surface area contributed by atoms with Crippen molar-refractivity contribution in [1.29, 1.82) is 0 Å². The summed E-state index contributed by atoms with van der Waals surface area (Å²) >= 11 is 0. The van der Waals surface area contributed by atoms with Crippen LogP contribution in [0.25, 0.3) is 10.9 Å². The van der Waals surface area contributed by atoms with Gasteiger partial charge >= 0.3 is 0 Å². The second kappa shape index (κ2) is 8.79. The molecular weight excluding hydrogens is 313 g/mol. The van der Waals surface area contributed by atoms with Gasteiger partial charge in [0.2, 0.25) is 5.91 Å². The Kier molecular flexibility index (Phi) is 8.21. The summed E-state index contributed by atoms with van der Waals surface area (Å²) in [6, 6.07) is 8.86. The lowest BCUT2D eigenvalue weighted by Crippen LogP contribution is -2.43. The Morgan fingerprint density at radius 1 is 1.38 bits per heavy atom. The molecule has 0 aliphatic heterocycles. The van der Waals surface area contributed by atoms with Gasteiger partial charge in [-0.05, 0) is 23.8 Å². The molecule has 3 N–H and O–H groups in total. The number of hydrogen-bond donors (Lipinski definition) is 2. The van der Waals surface area contributed by atoms with Crippen molar-refractivity contribution in [1.82, 2.24) is 9.88 Å². The molecule has 0 aliphatic rings. The van der Waals surface area contributed by atoms with E-state index in [1.807, 2.05) is 30.3 Å². The van der Waals surface area contributed by atoms with Crippen molar-refractivity contribution in [2.75, 3.05) is 13.7 Å². The van der Waals surface area contributed by atoms with Gasteiger partial charge in [-0.15, -0.1) is 24.8 Å². The molecule has 0 unspecified atom stereocenters. The monoisotopic (exact) mass is 331 g/mol. The zero-order valence-corrected chi connectivity index (χ0v) is 13.2. The van der Waals surface area contributed by atoms with Gasteiger partial charge in [0.25, 0.3) is 0 Å². The molecule has 2 aromatic rings. The van der Waals surface area contributed by atoms with Gasteiger partial charge in [-0.1, -0.05) is 12.1 Å². The van der Waals surface area contributed by atoms with Crippen LogP contribution in [-0.2, 0) is 11.3 Å². The molecule has 0 saturated heterocycles. The van der Waals surface area contributed by atoms with Crippen molar-refractivity contribution in [3.63, 3.8) is 0 Å². The fraction of sp³-hybridized carbons (Fsp3) is 0.286. The van der Waals surface area contributed by atoms with E-state index in [1.165, 1.54) is 4.90 Å². The fourth-order valence-electron chi connectivity index (χ4n) is 1.94. The molecule has 116 valence electrons. The number of aromatic nitrogens is 1. The third-order valence-electron chi connectivity index (χ3n) is 2.98. The predicted octanol–water partition coefficient (Wildman–Crippen LogP) is 1.36. The SMILES string of the molecule is CN(Cc1ccc2ncccc2c1)C(=O)[C@@H](N)CO.Cl.Cl. The molecule has 0 aliphatic carbocycles. The maximum Gasteiger partial charge on any atom is 0.241 e. The summed E-state index contributed by atoms with van der Waals surface area (Å²) < 4.78 is 0. The van der Waals surface area contributed by atoms with Crippen molar-refractivity contribution >= 4 is 41.6 Å². The number of benzene rings is 1. The second-order valence-corrected chi connectivity index (χ2v) is 4.51. The minimum Gasteiger partial charge on any atom is -0.394 e. The third kappa shape index (κ3) is 4.82. The molecular formula is C14H19Cl2N3O2. The molecule has 1 amide bonds. The molecule has 21 heavy (non-hydrogen) atoms. The number of amides is 1. The summed E-state index contributed by atoms with van der Waals surface area (Å²) in [6.45, 7) is 0.113. The number of carbonyl (C=O) groups excluding carboxylic acids is 1. The van der Waals surface area contributed by atoms with E-state index in [1.54, 1.807) is 13.2 Å². The molecule has 2 rings (SSSR count). The van der Waals surface area contributed by atoms with Crippen LogP contribution in [0.1, 0.15) is 5.56 Å². The van der Waals surface area contributed by atoms with E-state index >= 15 is 0 Å². The topological polar surface area (TPSA) is 79.5 Å². The molecule has 0 saturated carbocycles. The Bertz CT molecular complexity index is 595. The van der Waals surface area contributed by atoms with Gasteiger partial charge in [-0.2, -0.15) is 0 Å². The molecule has 5 nitrogen and oxygen atoms in total. The highest BCUT2D eigenvalue weighted by Gasteiger charge is 2.17. The molecule has 0 spiro atoms. The molecule has 1 heterocycles. The van der Waals surface area contributed by atoms with Gasteiger partial charge in [-0.25, -0.2) is 0 Å². The van der Waals surface area contributed by atoms with Crippen LogP contribution in [0.15, 0.2) is 36.5 Å². The Morgan fingerprint density at radius 2 is 2.10 bits per heavy atom. The van der Waals surface area contributed by atoms with Crippen LogP contribution in [0.4, 0.5) is 0 Å². The number of likely N-dealkylation sites (N-methyl/N-ethyl adjacent to an activating group) is 1. The zero-order chi connectivity index (χ0) is 13.8. The number of rotatable bonds is 4. The quantitative estimate of drug-likeness (QED) is 0.886. The van der Waals surface area contributed by atoms with Crippen molar-refractivity contribution in [2.45, 2.75) is 12.6 Å². The lowest BCUT2D eigenvalue weighted by Gasteiger charge is -2.20. The van der Waals surface area contributed by atoms with E-state index in [-0.39, 0.29) is 37.3 Å². The predicted molar refractivity (Wildman–Crippen MR) is 87.8 cm³/mol. The number of fused-ring (bicyclic) bond motifs is 1. The first-order valence-electron chi connectivity index (χ1n) is 6.07. The van der Waals surface area contributed by atoms with Gasteiger partial charge in [-0.3, -0.25) is 9.78 Å². The molecule has 7 heteroatoms. The number of carbonyl (C=O) groups is 1. The summed E-state index contributed by atoms with van der Waals surface area (Å²) in [5.41, 5.74) is 7.44. The van der Waals surface area contributed by atoms with E-state index in [0.717, 1.165) is 16.5 Å². The van der Waals surface area contributed by atoms with Crippen LogP contribution in [0.2, 0.25) is 0 Å². The summed E-state index contributed by atoms with van der Waals surface area (Å²) in [5.74, 6) is -0.270. The van der Waals surface area contributed by atoms with Gasteiger partial charge in [0.15, 0.2) is 0 Å². The Balaban J connectivity index is 0.00000200. The number of pyridine rings is 1. The Labute approximate surface area is 136 Å². The van der Waals surface area contributed by atoms with E-state index in [9.17, 15) is 4.79 Å². The highest BCUT2D eigenvalue weighted by atomic mass is 35.5. The Morgan fingerprint density at radius 3 is 2.76 bits per heavy atom. The van der Waals surface area contributed by atoms with Crippen molar-refractivity contribution in [3.05, 3.63) is 42.1 Å².